The third-order valence-corrected chi connectivity index (χ3v) is 4.21. The number of piperidine rings is 1. The summed E-state index contributed by atoms with van der Waals surface area (Å²) >= 11 is 0. The lowest BCUT2D eigenvalue weighted by molar-refractivity contribution is -0.00683. The summed E-state index contributed by atoms with van der Waals surface area (Å²) in [5.41, 5.74) is 0.841. The smallest absolute Gasteiger partial charge is 0.254 e. The molecule has 1 amide bonds. The van der Waals surface area contributed by atoms with Gasteiger partial charge in [-0.15, -0.1) is 0 Å². The van der Waals surface area contributed by atoms with Crippen LogP contribution in [0.3, 0.4) is 0 Å². The minimum atomic E-state index is -0.910. The fourth-order valence-corrected chi connectivity index (χ4v) is 2.91. The van der Waals surface area contributed by atoms with Gasteiger partial charge >= 0.3 is 0 Å². The maximum atomic E-state index is 13.3. The normalized spacial score (nSPS) is 17.6. The number of amides is 1. The molecule has 3 nitrogen and oxygen atoms in total. The Balaban J connectivity index is 1.59. The molecule has 0 bridgehead atoms. The van der Waals surface area contributed by atoms with Gasteiger partial charge in [-0.3, -0.25) is 4.79 Å². The Morgan fingerprint density at radius 1 is 1.12 bits per heavy atom. The highest BCUT2D eigenvalue weighted by Crippen LogP contribution is 2.18. The van der Waals surface area contributed by atoms with Crippen LogP contribution in [0.1, 0.15) is 28.8 Å². The number of likely N-dealkylation sites (tertiary alicyclic amines) is 1. The number of hydrogen-bond acceptors (Lipinski definition) is 2. The van der Waals surface area contributed by atoms with E-state index in [-0.39, 0.29) is 18.6 Å². The number of carbonyl (C=O) groups excluding carboxylic acids is 1. The zero-order valence-corrected chi connectivity index (χ0v) is 13.6. The van der Waals surface area contributed by atoms with Crippen molar-refractivity contribution in [1.29, 1.82) is 0 Å². The Kier molecular flexibility index (Phi) is 5.38. The predicted octanol–water partition coefficient (Wildman–Crippen LogP) is 3.93. The average molecular weight is 349 g/mol. The number of carbonyl (C=O) groups is 1. The minimum absolute atomic E-state index is 0.143. The van der Waals surface area contributed by atoms with Gasteiger partial charge in [-0.25, -0.2) is 13.2 Å². The topological polar surface area (TPSA) is 29.5 Å². The number of hydrogen-bond donors (Lipinski definition) is 0. The molecule has 0 spiro atoms. The van der Waals surface area contributed by atoms with Gasteiger partial charge in [0, 0.05) is 18.7 Å². The van der Waals surface area contributed by atoms with Crippen molar-refractivity contribution < 1.29 is 22.7 Å². The van der Waals surface area contributed by atoms with Crippen molar-refractivity contribution in [2.75, 3.05) is 13.1 Å². The van der Waals surface area contributed by atoms with E-state index in [1.54, 1.807) is 11.0 Å². The molecule has 132 valence electrons. The summed E-state index contributed by atoms with van der Waals surface area (Å²) in [5.74, 6) is -2.49. The number of rotatable bonds is 4. The van der Waals surface area contributed by atoms with Crippen molar-refractivity contribution in [2.45, 2.75) is 25.6 Å². The Labute approximate surface area is 144 Å². The third kappa shape index (κ3) is 4.39. The third-order valence-electron chi connectivity index (χ3n) is 4.21. The fourth-order valence-electron chi connectivity index (χ4n) is 2.91. The molecule has 2 aromatic carbocycles. The van der Waals surface area contributed by atoms with E-state index in [1.165, 1.54) is 24.3 Å². The van der Waals surface area contributed by atoms with Crippen LogP contribution in [0.4, 0.5) is 13.2 Å². The van der Waals surface area contributed by atoms with Gasteiger partial charge < -0.3 is 9.64 Å². The van der Waals surface area contributed by atoms with E-state index in [1.807, 2.05) is 0 Å². The highest BCUT2D eigenvalue weighted by molar-refractivity contribution is 5.94. The summed E-state index contributed by atoms with van der Waals surface area (Å²) in [4.78, 5) is 14.1. The van der Waals surface area contributed by atoms with Crippen molar-refractivity contribution in [3.63, 3.8) is 0 Å². The molecule has 6 heteroatoms. The van der Waals surface area contributed by atoms with Crippen molar-refractivity contribution >= 4 is 5.91 Å². The summed E-state index contributed by atoms with van der Waals surface area (Å²) in [6.07, 6.45) is 1.35. The highest BCUT2D eigenvalue weighted by atomic mass is 19.2. The second-order valence-electron chi connectivity index (χ2n) is 6.09. The summed E-state index contributed by atoms with van der Waals surface area (Å²) in [5, 5.41) is 0. The minimum Gasteiger partial charge on any atom is -0.372 e. The molecule has 1 saturated heterocycles. The van der Waals surface area contributed by atoms with Crippen LogP contribution in [-0.4, -0.2) is 30.0 Å². The number of halogens is 3. The molecule has 1 heterocycles. The first kappa shape index (κ1) is 17.5. The molecule has 0 saturated carbocycles. The molecule has 0 aromatic heterocycles. The van der Waals surface area contributed by atoms with Gasteiger partial charge in [-0.1, -0.05) is 12.1 Å². The molecule has 0 aliphatic carbocycles. The molecule has 2 aromatic rings. The number of benzene rings is 2. The first-order chi connectivity index (χ1) is 12.0. The summed E-state index contributed by atoms with van der Waals surface area (Å²) < 4.78 is 45.2. The Hall–Kier alpha value is -2.34. The SMILES string of the molecule is O=C(c1cccc(F)c1)N1CCC[C@H](OCc2ccc(F)c(F)c2)C1. The maximum absolute atomic E-state index is 13.3. The highest BCUT2D eigenvalue weighted by Gasteiger charge is 2.25. The van der Waals surface area contributed by atoms with Crippen LogP contribution in [0.15, 0.2) is 42.5 Å². The lowest BCUT2D eigenvalue weighted by atomic mass is 10.1. The van der Waals surface area contributed by atoms with Crippen molar-refractivity contribution in [2.24, 2.45) is 0 Å². The van der Waals surface area contributed by atoms with Gasteiger partial charge in [0.25, 0.3) is 5.91 Å². The molecule has 0 radical (unpaired) electrons. The van der Waals surface area contributed by atoms with Crippen molar-refractivity contribution in [3.05, 3.63) is 71.0 Å². The van der Waals surface area contributed by atoms with E-state index < -0.39 is 17.5 Å². The van der Waals surface area contributed by atoms with Gasteiger partial charge in [-0.05, 0) is 48.7 Å². The van der Waals surface area contributed by atoms with Gasteiger partial charge in [0.2, 0.25) is 0 Å². The molecule has 1 fully saturated rings. The monoisotopic (exact) mass is 349 g/mol. The van der Waals surface area contributed by atoms with Crippen LogP contribution in [-0.2, 0) is 11.3 Å². The number of nitrogens with zero attached hydrogens (tertiary/aromatic N) is 1. The van der Waals surface area contributed by atoms with E-state index in [4.69, 9.17) is 4.74 Å². The second-order valence-corrected chi connectivity index (χ2v) is 6.09. The van der Waals surface area contributed by atoms with Crippen molar-refractivity contribution in [3.8, 4) is 0 Å². The molecule has 1 aliphatic heterocycles. The second kappa shape index (κ2) is 7.70. The number of ether oxygens (including phenoxy) is 1. The standard InChI is InChI=1S/C19H18F3NO2/c20-15-4-1-3-14(10-15)19(24)23-8-2-5-16(11-23)25-12-13-6-7-17(21)18(22)9-13/h1,3-4,6-7,9-10,16H,2,5,8,11-12H2/t16-/m0/s1. The maximum Gasteiger partial charge on any atom is 0.254 e. The van der Waals surface area contributed by atoms with E-state index in [2.05, 4.69) is 0 Å². The average Bonchev–Trinajstić information content (AvgIpc) is 2.62. The van der Waals surface area contributed by atoms with Crippen LogP contribution >= 0.6 is 0 Å². The summed E-state index contributed by atoms with van der Waals surface area (Å²) in [6, 6.07) is 9.23. The van der Waals surface area contributed by atoms with E-state index in [9.17, 15) is 18.0 Å². The molecule has 25 heavy (non-hydrogen) atoms. The van der Waals surface area contributed by atoms with Gasteiger partial charge in [0.1, 0.15) is 5.82 Å². The Morgan fingerprint density at radius 3 is 2.72 bits per heavy atom. The van der Waals surface area contributed by atoms with Gasteiger partial charge in [-0.2, -0.15) is 0 Å². The van der Waals surface area contributed by atoms with Crippen LogP contribution in [0.5, 0.6) is 0 Å². The molecule has 0 N–H and O–H groups in total. The summed E-state index contributed by atoms with van der Waals surface area (Å²) in [6.45, 7) is 1.11. The van der Waals surface area contributed by atoms with E-state index in [0.717, 1.165) is 25.0 Å². The molecular weight excluding hydrogens is 331 g/mol. The van der Waals surface area contributed by atoms with E-state index in [0.29, 0.717) is 24.2 Å². The first-order valence-corrected chi connectivity index (χ1v) is 8.13. The molecule has 1 aliphatic rings. The molecule has 0 unspecified atom stereocenters. The van der Waals surface area contributed by atoms with Crippen LogP contribution < -0.4 is 0 Å². The Morgan fingerprint density at radius 2 is 1.96 bits per heavy atom. The van der Waals surface area contributed by atoms with Crippen LogP contribution in [0.2, 0.25) is 0 Å². The van der Waals surface area contributed by atoms with Crippen LogP contribution in [0.25, 0.3) is 0 Å². The predicted molar refractivity (Wildman–Crippen MR) is 86.5 cm³/mol. The molecule has 1 atom stereocenters. The first-order valence-electron chi connectivity index (χ1n) is 8.13. The largest absolute Gasteiger partial charge is 0.372 e. The lowest BCUT2D eigenvalue weighted by Crippen LogP contribution is -2.43. The zero-order valence-electron chi connectivity index (χ0n) is 13.6. The zero-order chi connectivity index (χ0) is 17.8. The molecule has 3 rings (SSSR count). The molecular formula is C19H18F3NO2. The Bertz CT molecular complexity index is 766. The van der Waals surface area contributed by atoms with Gasteiger partial charge in [0.05, 0.1) is 12.7 Å². The van der Waals surface area contributed by atoms with E-state index >= 15 is 0 Å². The lowest BCUT2D eigenvalue weighted by Gasteiger charge is -2.32. The van der Waals surface area contributed by atoms with Crippen molar-refractivity contribution in [1.82, 2.24) is 4.90 Å². The quantitative estimate of drug-likeness (QED) is 0.837. The van der Waals surface area contributed by atoms with Gasteiger partial charge in [0.15, 0.2) is 11.6 Å². The van der Waals surface area contributed by atoms with Crippen LogP contribution in [0, 0.1) is 17.5 Å². The fraction of sp³-hybridized carbons (Fsp3) is 0.316. The summed E-state index contributed by atoms with van der Waals surface area (Å²) in [7, 11) is 0.